The normalized spacial score (nSPS) is 14.0. The van der Waals surface area contributed by atoms with Crippen molar-refractivity contribution in [2.75, 3.05) is 0 Å². The van der Waals surface area contributed by atoms with Gasteiger partial charge in [-0.1, -0.05) is 111 Å². The molecule has 8 aromatic carbocycles. The van der Waals surface area contributed by atoms with Crippen LogP contribution < -0.4 is 42.3 Å². The Hall–Kier alpha value is -3.55. The fraction of sp³-hybridized carbons (Fsp3) is 0.0476. The maximum absolute atomic E-state index is 6.68. The molecule has 234 valence electrons. The summed E-state index contributed by atoms with van der Waals surface area (Å²) in [5, 5.41) is 8.10. The summed E-state index contributed by atoms with van der Waals surface area (Å²) in [5.41, 5.74) is 15.3. The van der Waals surface area contributed by atoms with Crippen molar-refractivity contribution in [3.05, 3.63) is 114 Å². The van der Waals surface area contributed by atoms with Crippen molar-refractivity contribution in [1.82, 2.24) is 0 Å². The van der Waals surface area contributed by atoms with Crippen molar-refractivity contribution in [3.63, 3.8) is 0 Å². The molecule has 2 nitrogen and oxygen atoms in total. The quantitative estimate of drug-likeness (QED) is 0.112. The van der Waals surface area contributed by atoms with Crippen LogP contribution in [0.3, 0.4) is 0 Å². The van der Waals surface area contributed by atoms with E-state index < -0.39 is 0 Å². The molecule has 0 atom stereocenters. The second-order valence-electron chi connectivity index (χ2n) is 14.2. The molecule has 0 aromatic heterocycles. The molecule has 4 heterocycles. The van der Waals surface area contributed by atoms with Gasteiger partial charge in [0.25, 0.3) is 13.4 Å². The van der Waals surface area contributed by atoms with Crippen molar-refractivity contribution >= 4 is 142 Å². The number of benzene rings is 8. The predicted octanol–water partition coefficient (Wildman–Crippen LogP) is 9.46. The van der Waals surface area contributed by atoms with Crippen LogP contribution in [0.2, 0.25) is 0 Å². The first-order chi connectivity index (χ1) is 24.2. The van der Waals surface area contributed by atoms with Gasteiger partial charge in [0.2, 0.25) is 0 Å². The van der Waals surface area contributed by atoms with Gasteiger partial charge in [0.1, 0.15) is 23.0 Å². The van der Waals surface area contributed by atoms with Crippen LogP contribution >= 0.6 is 63.7 Å². The lowest BCUT2D eigenvalue weighted by Gasteiger charge is -2.37. The summed E-state index contributed by atoms with van der Waals surface area (Å²) in [7, 11) is 0. The number of hydrogen-bond donors (Lipinski definition) is 0. The lowest BCUT2D eigenvalue weighted by atomic mass is 9.32. The highest BCUT2D eigenvalue weighted by Gasteiger charge is 2.44. The molecule has 50 heavy (non-hydrogen) atoms. The highest BCUT2D eigenvalue weighted by atomic mass is 79.9. The number of ether oxygens (including phenoxy) is 2. The molecule has 0 aliphatic carbocycles. The molecule has 0 radical (unpaired) electrons. The first kappa shape index (κ1) is 29.1. The summed E-state index contributed by atoms with van der Waals surface area (Å²) in [5.74, 6) is 3.66. The molecular formula is C42H20B2Br4O2. The van der Waals surface area contributed by atoms with Crippen molar-refractivity contribution in [3.8, 4) is 45.3 Å². The predicted molar refractivity (Wildman–Crippen MR) is 224 cm³/mol. The topological polar surface area (TPSA) is 18.5 Å². The van der Waals surface area contributed by atoms with Crippen LogP contribution in [0.4, 0.5) is 0 Å². The SMILES string of the molecule is Cc1cc2c3c(cc4c(C)cc5c6c(cc1c3c46)B1c3ccc(Br)cc3Oc3cc(Br)cc-5c31)B1c3ccc(Br)cc3Oc3cc(Br)cc-2c31. The van der Waals surface area contributed by atoms with E-state index in [4.69, 9.17) is 9.47 Å². The summed E-state index contributed by atoms with van der Waals surface area (Å²) in [6, 6.07) is 31.8. The van der Waals surface area contributed by atoms with E-state index in [1.54, 1.807) is 0 Å². The van der Waals surface area contributed by atoms with Crippen molar-refractivity contribution in [1.29, 1.82) is 0 Å². The Bertz CT molecular complexity index is 2770. The summed E-state index contributed by atoms with van der Waals surface area (Å²) in [6.45, 7) is 4.68. The van der Waals surface area contributed by atoms with Gasteiger partial charge in [-0.15, -0.1) is 0 Å². The van der Waals surface area contributed by atoms with E-state index in [1.807, 2.05) is 0 Å². The van der Waals surface area contributed by atoms with Gasteiger partial charge < -0.3 is 9.47 Å². The van der Waals surface area contributed by atoms with E-state index in [0.717, 1.165) is 40.9 Å². The van der Waals surface area contributed by atoms with Gasteiger partial charge in [-0.05, 0) is 150 Å². The Morgan fingerprint density at radius 2 is 0.820 bits per heavy atom. The zero-order chi connectivity index (χ0) is 33.5. The molecular weight excluding hydrogens is 878 g/mol. The van der Waals surface area contributed by atoms with E-state index in [-0.39, 0.29) is 13.4 Å². The second kappa shape index (κ2) is 9.65. The van der Waals surface area contributed by atoms with Gasteiger partial charge in [0.05, 0.1) is 0 Å². The van der Waals surface area contributed by atoms with Crippen LogP contribution in [-0.2, 0) is 0 Å². The average molecular weight is 898 g/mol. The van der Waals surface area contributed by atoms with E-state index in [1.165, 1.54) is 98.5 Å². The third-order valence-electron chi connectivity index (χ3n) is 11.6. The lowest BCUT2D eigenvalue weighted by Crippen LogP contribution is -2.58. The average Bonchev–Trinajstić information content (AvgIpc) is 3.08. The fourth-order valence-corrected chi connectivity index (χ4v) is 11.3. The smallest absolute Gasteiger partial charge is 0.252 e. The van der Waals surface area contributed by atoms with Gasteiger partial charge >= 0.3 is 0 Å². The largest absolute Gasteiger partial charge is 0.458 e. The Balaban J connectivity index is 1.29. The zero-order valence-electron chi connectivity index (χ0n) is 26.6. The Morgan fingerprint density at radius 3 is 1.26 bits per heavy atom. The third-order valence-corrected chi connectivity index (χ3v) is 13.5. The Kier molecular flexibility index (Phi) is 5.61. The van der Waals surface area contributed by atoms with Gasteiger partial charge in [0.15, 0.2) is 0 Å². The Morgan fingerprint density at radius 1 is 0.400 bits per heavy atom. The van der Waals surface area contributed by atoms with E-state index in [9.17, 15) is 0 Å². The summed E-state index contributed by atoms with van der Waals surface area (Å²) < 4.78 is 17.4. The first-order valence-electron chi connectivity index (χ1n) is 16.6. The first-order valence-corrected chi connectivity index (χ1v) is 19.8. The number of hydrogen-bond acceptors (Lipinski definition) is 2. The van der Waals surface area contributed by atoms with Crippen LogP contribution in [-0.4, -0.2) is 13.4 Å². The molecule has 0 N–H and O–H groups in total. The maximum Gasteiger partial charge on any atom is 0.252 e. The molecule has 4 aliphatic heterocycles. The lowest BCUT2D eigenvalue weighted by molar-refractivity contribution is 0.486. The van der Waals surface area contributed by atoms with E-state index >= 15 is 0 Å². The molecule has 0 saturated carbocycles. The minimum absolute atomic E-state index is 0.0540. The summed E-state index contributed by atoms with van der Waals surface area (Å²) in [4.78, 5) is 0. The highest BCUT2D eigenvalue weighted by Crippen LogP contribution is 2.48. The molecule has 8 heteroatoms. The molecule has 8 aromatic rings. The number of aryl methyl sites for hydroxylation is 2. The van der Waals surface area contributed by atoms with Gasteiger partial charge in [-0.25, -0.2) is 0 Å². The van der Waals surface area contributed by atoms with Crippen LogP contribution in [0.15, 0.2) is 103 Å². The molecule has 0 saturated heterocycles. The minimum Gasteiger partial charge on any atom is -0.458 e. The maximum atomic E-state index is 6.68. The standard InChI is InChI=1S/C42H20B2Br4O2/c1-17-7-25-27-9-21(47)13-35-41(27)44(30-6-4-20(46)12-34(30)49-35)32-16-24-18(2)8-26-28-10-22(48)14-36-42(28)43(29-5-3-19(45)11-33(29)50-36)31-15-23(17)39(37(25)32)40(24)38(26)31/h3-16H,1-2H3. The molecule has 0 bridgehead atoms. The third kappa shape index (κ3) is 3.52. The fourth-order valence-electron chi connectivity index (χ4n) is 9.75. The van der Waals surface area contributed by atoms with Gasteiger partial charge in [-0.2, -0.15) is 0 Å². The molecule has 0 unspecified atom stereocenters. The zero-order valence-corrected chi connectivity index (χ0v) is 32.9. The number of rotatable bonds is 0. The highest BCUT2D eigenvalue weighted by molar-refractivity contribution is 9.11. The monoisotopic (exact) mass is 894 g/mol. The molecule has 4 aliphatic rings. The summed E-state index contributed by atoms with van der Waals surface area (Å²) >= 11 is 15.1. The molecule has 0 amide bonds. The van der Waals surface area contributed by atoms with Crippen molar-refractivity contribution < 1.29 is 9.47 Å². The van der Waals surface area contributed by atoms with Crippen LogP contribution in [0.25, 0.3) is 54.6 Å². The molecule has 0 fully saturated rings. The van der Waals surface area contributed by atoms with Gasteiger partial charge in [0, 0.05) is 17.9 Å². The molecule has 12 rings (SSSR count). The second-order valence-corrected chi connectivity index (χ2v) is 17.8. The Labute approximate surface area is 322 Å². The number of fused-ring (bicyclic) bond motifs is 8. The molecule has 0 spiro atoms. The van der Waals surface area contributed by atoms with Crippen molar-refractivity contribution in [2.45, 2.75) is 13.8 Å². The van der Waals surface area contributed by atoms with Crippen molar-refractivity contribution in [2.24, 2.45) is 0 Å². The van der Waals surface area contributed by atoms with Crippen LogP contribution in [0.1, 0.15) is 11.1 Å². The van der Waals surface area contributed by atoms with Crippen LogP contribution in [0, 0.1) is 13.8 Å². The van der Waals surface area contributed by atoms with E-state index in [0.29, 0.717) is 0 Å². The minimum atomic E-state index is 0.0540. The summed E-state index contributed by atoms with van der Waals surface area (Å²) in [6.07, 6.45) is 0. The van der Waals surface area contributed by atoms with E-state index in [2.05, 4.69) is 162 Å². The number of halogens is 4. The van der Waals surface area contributed by atoms with Crippen LogP contribution in [0.5, 0.6) is 23.0 Å². The van der Waals surface area contributed by atoms with Gasteiger partial charge in [-0.3, -0.25) is 0 Å².